The van der Waals surface area contributed by atoms with Crippen molar-refractivity contribution in [3.8, 4) is 0 Å². The van der Waals surface area contributed by atoms with E-state index >= 15 is 0 Å². The summed E-state index contributed by atoms with van der Waals surface area (Å²) in [6.45, 7) is 4.72. The van der Waals surface area contributed by atoms with E-state index in [0.717, 1.165) is 16.2 Å². The lowest BCUT2D eigenvalue weighted by molar-refractivity contribution is 0.0702. The predicted molar refractivity (Wildman–Crippen MR) is 78.7 cm³/mol. The zero-order chi connectivity index (χ0) is 14.7. The Morgan fingerprint density at radius 3 is 2.90 bits per heavy atom. The summed E-state index contributed by atoms with van der Waals surface area (Å²) in [6.07, 6.45) is 3.26. The Kier molecular flexibility index (Phi) is 4.61. The zero-order valence-electron chi connectivity index (χ0n) is 11.1. The number of hydrogen-bond donors (Lipinski definition) is 1. The molecule has 0 atom stereocenters. The predicted octanol–water partition coefficient (Wildman–Crippen LogP) is 2.81. The van der Waals surface area contributed by atoms with Gasteiger partial charge in [0, 0.05) is 29.2 Å². The highest BCUT2D eigenvalue weighted by atomic mass is 32.2. The number of thiophene rings is 1. The Hall–Kier alpha value is -1.60. The molecule has 2 rings (SSSR count). The molecule has 0 aliphatic carbocycles. The highest BCUT2D eigenvalue weighted by molar-refractivity contribution is 7.99. The second-order valence-corrected chi connectivity index (χ2v) is 6.61. The monoisotopic (exact) mass is 310 g/mol. The van der Waals surface area contributed by atoms with Crippen molar-refractivity contribution < 1.29 is 9.90 Å². The number of hydrogen-bond acceptors (Lipinski definition) is 5. The molecule has 0 amide bonds. The lowest BCUT2D eigenvalue weighted by Gasteiger charge is -2.08. The maximum Gasteiger partial charge on any atom is 0.345 e. The van der Waals surface area contributed by atoms with Crippen LogP contribution >= 0.6 is 23.1 Å². The summed E-state index contributed by atoms with van der Waals surface area (Å²) in [5.74, 6) is -0.590. The van der Waals surface area contributed by atoms with Crippen LogP contribution in [0.1, 0.15) is 23.5 Å². The quantitative estimate of drug-likeness (QED) is 0.919. The Balaban J connectivity index is 2.24. The van der Waals surface area contributed by atoms with Crippen LogP contribution in [0, 0.1) is 5.92 Å². The molecule has 0 fully saturated rings. The van der Waals surface area contributed by atoms with Gasteiger partial charge in [-0.2, -0.15) is 0 Å². The molecule has 106 valence electrons. The third kappa shape index (κ3) is 3.49. The van der Waals surface area contributed by atoms with E-state index in [4.69, 9.17) is 5.11 Å². The largest absolute Gasteiger partial charge is 0.477 e. The smallest absolute Gasteiger partial charge is 0.345 e. The number of carbonyl (C=O) groups is 1. The van der Waals surface area contributed by atoms with E-state index in [1.165, 1.54) is 11.8 Å². The minimum Gasteiger partial charge on any atom is -0.477 e. The van der Waals surface area contributed by atoms with Crippen molar-refractivity contribution in [2.24, 2.45) is 5.92 Å². The molecule has 7 heteroatoms. The van der Waals surface area contributed by atoms with Crippen molar-refractivity contribution in [2.45, 2.75) is 30.3 Å². The molecule has 2 heterocycles. The van der Waals surface area contributed by atoms with Crippen LogP contribution in [-0.2, 0) is 6.54 Å². The molecule has 0 spiro atoms. The standard InChI is InChI=1S/C13H14N2O3S2/c1-8(2)6-15-4-3-14-11(12(15)16)20-9-5-10(13(17)18)19-7-9/h3-5,7-8H,6H2,1-2H3,(H,17,18). The number of aromatic nitrogens is 2. The van der Waals surface area contributed by atoms with Crippen LogP contribution in [0.5, 0.6) is 0 Å². The van der Waals surface area contributed by atoms with Gasteiger partial charge in [0.1, 0.15) is 4.88 Å². The van der Waals surface area contributed by atoms with Crippen molar-refractivity contribution in [1.29, 1.82) is 0 Å². The minimum absolute atomic E-state index is 0.144. The van der Waals surface area contributed by atoms with Crippen LogP contribution in [0.25, 0.3) is 0 Å². The Morgan fingerprint density at radius 1 is 1.55 bits per heavy atom. The van der Waals surface area contributed by atoms with Crippen molar-refractivity contribution in [3.63, 3.8) is 0 Å². The highest BCUT2D eigenvalue weighted by Gasteiger charge is 2.11. The molecule has 2 aromatic rings. The van der Waals surface area contributed by atoms with Crippen molar-refractivity contribution in [1.82, 2.24) is 9.55 Å². The molecule has 20 heavy (non-hydrogen) atoms. The molecule has 0 saturated heterocycles. The Morgan fingerprint density at radius 2 is 2.30 bits per heavy atom. The first-order valence-electron chi connectivity index (χ1n) is 6.02. The van der Waals surface area contributed by atoms with Gasteiger partial charge in [-0.15, -0.1) is 11.3 Å². The van der Waals surface area contributed by atoms with Crippen LogP contribution < -0.4 is 5.56 Å². The fraction of sp³-hybridized carbons (Fsp3) is 0.308. The van der Waals surface area contributed by atoms with Gasteiger partial charge in [0.2, 0.25) is 0 Å². The van der Waals surface area contributed by atoms with Gasteiger partial charge < -0.3 is 9.67 Å². The molecule has 0 aliphatic heterocycles. The summed E-state index contributed by atoms with van der Waals surface area (Å²) in [7, 11) is 0. The zero-order valence-corrected chi connectivity index (χ0v) is 12.7. The second kappa shape index (κ2) is 6.23. The van der Waals surface area contributed by atoms with E-state index in [1.807, 2.05) is 13.8 Å². The van der Waals surface area contributed by atoms with Gasteiger partial charge >= 0.3 is 5.97 Å². The van der Waals surface area contributed by atoms with E-state index < -0.39 is 5.97 Å². The van der Waals surface area contributed by atoms with Crippen LogP contribution in [0.2, 0.25) is 0 Å². The van der Waals surface area contributed by atoms with E-state index in [0.29, 0.717) is 17.5 Å². The van der Waals surface area contributed by atoms with Crippen LogP contribution in [0.15, 0.2) is 38.6 Å². The molecule has 0 unspecified atom stereocenters. The van der Waals surface area contributed by atoms with Gasteiger partial charge in [0.25, 0.3) is 5.56 Å². The van der Waals surface area contributed by atoms with E-state index in [9.17, 15) is 9.59 Å². The minimum atomic E-state index is -0.958. The summed E-state index contributed by atoms with van der Waals surface area (Å²) in [5, 5.41) is 11.0. The first kappa shape index (κ1) is 14.8. The van der Waals surface area contributed by atoms with E-state index in [-0.39, 0.29) is 10.4 Å². The van der Waals surface area contributed by atoms with Crippen LogP contribution in [-0.4, -0.2) is 20.6 Å². The topological polar surface area (TPSA) is 72.2 Å². The molecular formula is C13H14N2O3S2. The van der Waals surface area contributed by atoms with Gasteiger partial charge in [0.15, 0.2) is 5.03 Å². The summed E-state index contributed by atoms with van der Waals surface area (Å²) in [6, 6.07) is 1.55. The third-order valence-electron chi connectivity index (χ3n) is 2.44. The normalized spacial score (nSPS) is 10.9. The van der Waals surface area contributed by atoms with Crippen molar-refractivity contribution in [2.75, 3.05) is 0 Å². The first-order valence-corrected chi connectivity index (χ1v) is 7.72. The van der Waals surface area contributed by atoms with E-state index in [2.05, 4.69) is 4.98 Å². The van der Waals surface area contributed by atoms with Crippen LogP contribution in [0.4, 0.5) is 0 Å². The molecule has 1 N–H and O–H groups in total. The Labute approximate surface area is 124 Å². The molecule has 2 aromatic heterocycles. The lowest BCUT2D eigenvalue weighted by atomic mass is 10.2. The van der Waals surface area contributed by atoms with Gasteiger partial charge in [-0.05, 0) is 12.0 Å². The van der Waals surface area contributed by atoms with Crippen molar-refractivity contribution >= 4 is 29.1 Å². The number of rotatable bonds is 5. The van der Waals surface area contributed by atoms with Gasteiger partial charge in [0.05, 0.1) is 0 Å². The molecule has 0 bridgehead atoms. The maximum absolute atomic E-state index is 12.2. The SMILES string of the molecule is CC(C)Cn1ccnc(Sc2csc(C(=O)O)c2)c1=O. The third-order valence-corrected chi connectivity index (χ3v) is 4.46. The lowest BCUT2D eigenvalue weighted by Crippen LogP contribution is -2.23. The average molecular weight is 310 g/mol. The second-order valence-electron chi connectivity index (χ2n) is 4.64. The Bertz CT molecular complexity index is 676. The molecule has 0 radical (unpaired) electrons. The first-order chi connectivity index (χ1) is 9.47. The molecular weight excluding hydrogens is 296 g/mol. The van der Waals surface area contributed by atoms with E-state index in [1.54, 1.807) is 28.4 Å². The van der Waals surface area contributed by atoms with Crippen molar-refractivity contribution in [3.05, 3.63) is 39.1 Å². The number of aromatic carboxylic acids is 1. The van der Waals surface area contributed by atoms with Gasteiger partial charge in [-0.3, -0.25) is 4.79 Å². The summed E-state index contributed by atoms with van der Waals surface area (Å²) < 4.78 is 1.63. The summed E-state index contributed by atoms with van der Waals surface area (Å²) in [5.41, 5.74) is -0.144. The van der Waals surface area contributed by atoms with Crippen LogP contribution in [0.3, 0.4) is 0 Å². The molecule has 0 saturated carbocycles. The average Bonchev–Trinajstić information content (AvgIpc) is 2.82. The highest BCUT2D eigenvalue weighted by Crippen LogP contribution is 2.28. The molecule has 5 nitrogen and oxygen atoms in total. The summed E-state index contributed by atoms with van der Waals surface area (Å²) >= 11 is 2.34. The number of nitrogens with zero attached hydrogens (tertiary/aromatic N) is 2. The molecule has 0 aliphatic rings. The molecule has 0 aromatic carbocycles. The summed E-state index contributed by atoms with van der Waals surface area (Å²) in [4.78, 5) is 28.1. The maximum atomic E-state index is 12.2. The fourth-order valence-electron chi connectivity index (χ4n) is 1.63. The van der Waals surface area contributed by atoms with Gasteiger partial charge in [-0.1, -0.05) is 25.6 Å². The van der Waals surface area contributed by atoms with Gasteiger partial charge in [-0.25, -0.2) is 9.78 Å². The fourth-order valence-corrected chi connectivity index (χ4v) is 3.37. The number of carboxylic acids is 1. The number of carboxylic acid groups (broad SMARTS) is 1.